The number of methoxy groups -OCH3 is 1. The molecule has 96 valence electrons. The Balaban J connectivity index is 2.63. The molecule has 0 N–H and O–H groups in total. The van der Waals surface area contributed by atoms with Gasteiger partial charge in [0.05, 0.1) is 12.1 Å². The van der Waals surface area contributed by atoms with E-state index in [1.165, 1.54) is 5.56 Å². The minimum atomic E-state index is 0.777. The zero-order valence-electron chi connectivity index (χ0n) is 11.1. The summed E-state index contributed by atoms with van der Waals surface area (Å²) in [4.78, 5) is 4.65. The van der Waals surface area contributed by atoms with Gasteiger partial charge in [-0.15, -0.1) is 0 Å². The van der Waals surface area contributed by atoms with Crippen molar-refractivity contribution in [2.45, 2.75) is 33.1 Å². The molecule has 0 spiro atoms. The maximum Gasteiger partial charge on any atom is 0.145 e. The largest absolute Gasteiger partial charge is 0.494 e. The number of aryl methyl sites for hydroxylation is 1. The van der Waals surface area contributed by atoms with Crippen molar-refractivity contribution in [3.05, 3.63) is 34.5 Å². The third-order valence-electron chi connectivity index (χ3n) is 3.22. The van der Waals surface area contributed by atoms with Gasteiger partial charge in [0.1, 0.15) is 11.3 Å². The number of aromatic nitrogens is 1. The molecule has 2 rings (SSSR count). The molecule has 0 saturated heterocycles. The number of ether oxygens (including phenoxy) is 1. The molecule has 0 aliphatic rings. The van der Waals surface area contributed by atoms with E-state index in [0.717, 1.165) is 46.6 Å². The topological polar surface area (TPSA) is 22.1 Å². The Bertz CT molecular complexity index is 566. The van der Waals surface area contributed by atoms with Crippen molar-refractivity contribution in [2.75, 3.05) is 7.11 Å². The van der Waals surface area contributed by atoms with E-state index in [9.17, 15) is 0 Å². The van der Waals surface area contributed by atoms with Crippen LogP contribution in [-0.2, 0) is 6.42 Å². The summed E-state index contributed by atoms with van der Waals surface area (Å²) in [6.45, 7) is 4.20. The molecule has 3 heteroatoms. The number of benzene rings is 1. The Labute approximate surface area is 113 Å². The molecule has 0 atom stereocenters. The van der Waals surface area contributed by atoms with Crippen LogP contribution in [0.1, 0.15) is 31.0 Å². The first-order chi connectivity index (χ1) is 8.69. The fourth-order valence-corrected chi connectivity index (χ4v) is 2.56. The zero-order chi connectivity index (χ0) is 13.1. The molecule has 0 radical (unpaired) electrons. The Morgan fingerprint density at radius 2 is 2.11 bits per heavy atom. The maximum atomic E-state index is 6.52. The number of rotatable bonds is 4. The minimum Gasteiger partial charge on any atom is -0.494 e. The molecule has 0 aliphatic heterocycles. The average molecular weight is 264 g/mol. The molecule has 0 amide bonds. The number of pyridine rings is 1. The van der Waals surface area contributed by atoms with Crippen LogP contribution in [0.4, 0.5) is 0 Å². The molecule has 0 fully saturated rings. The van der Waals surface area contributed by atoms with Gasteiger partial charge in [0.25, 0.3) is 0 Å². The smallest absolute Gasteiger partial charge is 0.145 e. The van der Waals surface area contributed by atoms with Crippen LogP contribution in [-0.4, -0.2) is 12.1 Å². The number of hydrogen-bond acceptors (Lipinski definition) is 2. The summed E-state index contributed by atoms with van der Waals surface area (Å²) >= 11 is 6.52. The van der Waals surface area contributed by atoms with Gasteiger partial charge in [-0.25, -0.2) is 4.98 Å². The first-order valence-electron chi connectivity index (χ1n) is 6.30. The molecular weight excluding hydrogens is 246 g/mol. The highest BCUT2D eigenvalue weighted by molar-refractivity contribution is 6.36. The molecule has 0 saturated carbocycles. The predicted molar refractivity (Wildman–Crippen MR) is 76.7 cm³/mol. The summed E-state index contributed by atoms with van der Waals surface area (Å²) < 4.78 is 5.34. The fourth-order valence-electron chi connectivity index (χ4n) is 2.18. The molecule has 0 bridgehead atoms. The molecule has 1 heterocycles. The van der Waals surface area contributed by atoms with Gasteiger partial charge in [-0.05, 0) is 31.4 Å². The second-order valence-electron chi connectivity index (χ2n) is 4.45. The Kier molecular flexibility index (Phi) is 4.07. The summed E-state index contributed by atoms with van der Waals surface area (Å²) in [5.41, 5.74) is 3.02. The van der Waals surface area contributed by atoms with Crippen molar-refractivity contribution in [1.82, 2.24) is 4.98 Å². The van der Waals surface area contributed by atoms with Crippen LogP contribution < -0.4 is 4.74 Å². The van der Waals surface area contributed by atoms with E-state index >= 15 is 0 Å². The second kappa shape index (κ2) is 5.57. The molecule has 2 nitrogen and oxygen atoms in total. The monoisotopic (exact) mass is 263 g/mol. The van der Waals surface area contributed by atoms with Gasteiger partial charge in [0.2, 0.25) is 0 Å². The van der Waals surface area contributed by atoms with E-state index < -0.39 is 0 Å². The number of halogens is 1. The third kappa shape index (κ3) is 2.30. The summed E-state index contributed by atoms with van der Waals surface area (Å²) in [6, 6.07) is 5.87. The minimum absolute atomic E-state index is 0.777. The van der Waals surface area contributed by atoms with Crippen molar-refractivity contribution in [3.63, 3.8) is 0 Å². The van der Waals surface area contributed by atoms with Crippen molar-refractivity contribution < 1.29 is 4.74 Å². The summed E-state index contributed by atoms with van der Waals surface area (Å²) in [5, 5.41) is 1.80. The molecule has 1 aromatic carbocycles. The standard InChI is InChI=1S/C15H18ClNO/c1-4-5-7-11-10(2)17-15-12(14(11)16)8-6-9-13(15)18-3/h6,8-9H,4-5,7H2,1-3H3. The van der Waals surface area contributed by atoms with E-state index in [1.807, 2.05) is 25.1 Å². The van der Waals surface area contributed by atoms with Crippen molar-refractivity contribution >= 4 is 22.5 Å². The van der Waals surface area contributed by atoms with Gasteiger partial charge in [-0.1, -0.05) is 37.1 Å². The SMILES string of the molecule is CCCCc1c(C)nc2c(OC)cccc2c1Cl. The van der Waals surface area contributed by atoms with Gasteiger partial charge in [0.15, 0.2) is 0 Å². The van der Waals surface area contributed by atoms with Gasteiger partial charge >= 0.3 is 0 Å². The van der Waals surface area contributed by atoms with Crippen LogP contribution in [0.25, 0.3) is 10.9 Å². The van der Waals surface area contributed by atoms with Crippen LogP contribution >= 0.6 is 11.6 Å². The van der Waals surface area contributed by atoms with E-state index in [2.05, 4.69) is 11.9 Å². The number of hydrogen-bond donors (Lipinski definition) is 0. The lowest BCUT2D eigenvalue weighted by Crippen LogP contribution is -1.98. The Morgan fingerprint density at radius 3 is 2.78 bits per heavy atom. The van der Waals surface area contributed by atoms with Gasteiger partial charge in [0, 0.05) is 11.1 Å². The number of fused-ring (bicyclic) bond motifs is 1. The second-order valence-corrected chi connectivity index (χ2v) is 4.83. The number of para-hydroxylation sites is 1. The number of unbranched alkanes of at least 4 members (excludes halogenated alkanes) is 1. The van der Waals surface area contributed by atoms with Crippen LogP contribution in [0.5, 0.6) is 5.75 Å². The van der Waals surface area contributed by atoms with Crippen molar-refractivity contribution in [2.24, 2.45) is 0 Å². The van der Waals surface area contributed by atoms with Gasteiger partial charge in [-0.2, -0.15) is 0 Å². The molecule has 1 aromatic heterocycles. The molecule has 18 heavy (non-hydrogen) atoms. The van der Waals surface area contributed by atoms with Crippen molar-refractivity contribution in [1.29, 1.82) is 0 Å². The van der Waals surface area contributed by atoms with Crippen LogP contribution in [0.2, 0.25) is 5.02 Å². The fraction of sp³-hybridized carbons (Fsp3) is 0.400. The van der Waals surface area contributed by atoms with Crippen LogP contribution in [0, 0.1) is 6.92 Å². The summed E-state index contributed by atoms with van der Waals surface area (Å²) in [6.07, 6.45) is 3.28. The van der Waals surface area contributed by atoms with Crippen molar-refractivity contribution in [3.8, 4) is 5.75 Å². The lowest BCUT2D eigenvalue weighted by atomic mass is 10.0. The predicted octanol–water partition coefficient (Wildman–Crippen LogP) is 4.55. The van der Waals surface area contributed by atoms with E-state index in [1.54, 1.807) is 7.11 Å². The first-order valence-corrected chi connectivity index (χ1v) is 6.68. The van der Waals surface area contributed by atoms with Crippen LogP contribution in [0.3, 0.4) is 0 Å². The highest BCUT2D eigenvalue weighted by Gasteiger charge is 2.13. The average Bonchev–Trinajstić information content (AvgIpc) is 2.38. The summed E-state index contributed by atoms with van der Waals surface area (Å²) in [5.74, 6) is 0.777. The van der Waals surface area contributed by atoms with E-state index in [-0.39, 0.29) is 0 Å². The molecular formula is C15H18ClNO. The lowest BCUT2D eigenvalue weighted by molar-refractivity contribution is 0.419. The summed E-state index contributed by atoms with van der Waals surface area (Å²) in [7, 11) is 1.66. The lowest BCUT2D eigenvalue weighted by Gasteiger charge is -2.12. The van der Waals surface area contributed by atoms with Gasteiger partial charge < -0.3 is 4.74 Å². The molecule has 2 aromatic rings. The van der Waals surface area contributed by atoms with E-state index in [4.69, 9.17) is 16.3 Å². The Morgan fingerprint density at radius 1 is 1.33 bits per heavy atom. The molecule has 0 unspecified atom stereocenters. The first kappa shape index (κ1) is 13.2. The normalized spacial score (nSPS) is 10.9. The molecule has 0 aliphatic carbocycles. The number of nitrogens with zero attached hydrogens (tertiary/aromatic N) is 1. The zero-order valence-corrected chi connectivity index (χ0v) is 11.8. The maximum absolute atomic E-state index is 6.52. The van der Waals surface area contributed by atoms with E-state index in [0.29, 0.717) is 0 Å². The van der Waals surface area contributed by atoms with Gasteiger partial charge in [-0.3, -0.25) is 0 Å². The highest BCUT2D eigenvalue weighted by Crippen LogP contribution is 2.33. The van der Waals surface area contributed by atoms with Crippen LogP contribution in [0.15, 0.2) is 18.2 Å². The Hall–Kier alpha value is -1.28. The quantitative estimate of drug-likeness (QED) is 0.807. The third-order valence-corrected chi connectivity index (χ3v) is 3.65. The highest BCUT2D eigenvalue weighted by atomic mass is 35.5.